The molecule has 1 heterocycles. The van der Waals surface area contributed by atoms with Gasteiger partial charge in [-0.05, 0) is 26.0 Å². The molecule has 0 aliphatic rings. The van der Waals surface area contributed by atoms with Crippen LogP contribution in [-0.4, -0.2) is 23.3 Å². The van der Waals surface area contributed by atoms with Gasteiger partial charge in [-0.2, -0.15) is 5.10 Å². The van der Waals surface area contributed by atoms with Gasteiger partial charge in [0.2, 0.25) is 0 Å². The molecular weight excluding hydrogens is 188 g/mol. The highest BCUT2D eigenvalue weighted by Gasteiger charge is 2.08. The molecule has 0 amide bonds. The number of H-pyrrole nitrogens is 1. The van der Waals surface area contributed by atoms with Gasteiger partial charge in [-0.25, -0.2) is 0 Å². The number of benzene rings is 1. The summed E-state index contributed by atoms with van der Waals surface area (Å²) >= 11 is 0. The number of hydrogen-bond donors (Lipinski definition) is 2. The number of aromatic nitrogens is 2. The van der Waals surface area contributed by atoms with E-state index in [4.69, 9.17) is 5.73 Å². The van der Waals surface area contributed by atoms with Crippen molar-refractivity contribution in [3.05, 3.63) is 18.3 Å². The lowest BCUT2D eigenvalue weighted by Gasteiger charge is -2.22. The fraction of sp³-hybridized carbons (Fsp3) is 0.364. The van der Waals surface area contributed by atoms with Gasteiger partial charge in [0.15, 0.2) is 0 Å². The minimum absolute atomic E-state index is 0.813. The van der Waals surface area contributed by atoms with Crippen LogP contribution in [0.3, 0.4) is 0 Å². The Morgan fingerprint density at radius 1 is 1.33 bits per heavy atom. The van der Waals surface area contributed by atoms with E-state index in [1.807, 2.05) is 6.07 Å². The normalized spacial score (nSPS) is 10.8. The summed E-state index contributed by atoms with van der Waals surface area (Å²) in [7, 11) is 0. The molecule has 0 aliphatic heterocycles. The second kappa shape index (κ2) is 3.81. The summed E-state index contributed by atoms with van der Waals surface area (Å²) in [5.74, 6) is 0. The van der Waals surface area contributed by atoms with E-state index in [1.165, 1.54) is 0 Å². The van der Waals surface area contributed by atoms with Crippen LogP contribution in [0.4, 0.5) is 11.4 Å². The summed E-state index contributed by atoms with van der Waals surface area (Å²) in [6.07, 6.45) is 1.79. The Bertz CT molecular complexity index is 457. The quantitative estimate of drug-likeness (QED) is 0.752. The molecule has 0 saturated heterocycles. The van der Waals surface area contributed by atoms with Gasteiger partial charge in [0, 0.05) is 18.5 Å². The Labute approximate surface area is 89.1 Å². The van der Waals surface area contributed by atoms with E-state index >= 15 is 0 Å². The van der Waals surface area contributed by atoms with Gasteiger partial charge in [-0.15, -0.1) is 0 Å². The van der Waals surface area contributed by atoms with E-state index in [-0.39, 0.29) is 0 Å². The number of fused-ring (bicyclic) bond motifs is 1. The average Bonchev–Trinajstić information content (AvgIpc) is 2.67. The molecule has 80 valence electrons. The van der Waals surface area contributed by atoms with Gasteiger partial charge in [0.25, 0.3) is 0 Å². The molecule has 15 heavy (non-hydrogen) atoms. The maximum Gasteiger partial charge on any atom is 0.0672 e. The Balaban J connectivity index is 2.53. The van der Waals surface area contributed by atoms with Crippen LogP contribution in [0.5, 0.6) is 0 Å². The summed E-state index contributed by atoms with van der Waals surface area (Å²) in [6, 6.07) is 4.02. The standard InChI is InChI=1S/C11H16N4/c1-3-15(4-2)11-6-10-8(5-9(11)12)7-13-14-10/h5-7H,3-4,12H2,1-2H3,(H,13,14). The van der Waals surface area contributed by atoms with E-state index in [1.54, 1.807) is 6.20 Å². The number of nitrogens with two attached hydrogens (primary N) is 1. The fourth-order valence-corrected chi connectivity index (χ4v) is 1.84. The molecule has 0 radical (unpaired) electrons. The van der Waals surface area contributed by atoms with E-state index in [2.05, 4.69) is 35.0 Å². The molecule has 0 aliphatic carbocycles. The first-order valence-corrected chi connectivity index (χ1v) is 5.23. The number of nitrogens with zero attached hydrogens (tertiary/aromatic N) is 2. The largest absolute Gasteiger partial charge is 0.397 e. The number of anilines is 2. The molecule has 4 nitrogen and oxygen atoms in total. The summed E-state index contributed by atoms with van der Waals surface area (Å²) in [4.78, 5) is 2.23. The fourth-order valence-electron chi connectivity index (χ4n) is 1.84. The monoisotopic (exact) mass is 204 g/mol. The zero-order valence-corrected chi connectivity index (χ0v) is 9.12. The van der Waals surface area contributed by atoms with Crippen LogP contribution in [0.2, 0.25) is 0 Å². The maximum atomic E-state index is 6.01. The van der Waals surface area contributed by atoms with E-state index in [9.17, 15) is 0 Å². The van der Waals surface area contributed by atoms with Crippen molar-refractivity contribution in [2.24, 2.45) is 0 Å². The van der Waals surface area contributed by atoms with E-state index in [0.717, 1.165) is 35.4 Å². The Hall–Kier alpha value is -1.71. The predicted octanol–water partition coefficient (Wildman–Crippen LogP) is 1.99. The summed E-state index contributed by atoms with van der Waals surface area (Å²) in [6.45, 7) is 6.17. The lowest BCUT2D eigenvalue weighted by molar-refractivity contribution is 0.868. The third-order valence-electron chi connectivity index (χ3n) is 2.69. The highest BCUT2D eigenvalue weighted by molar-refractivity contribution is 5.88. The second-order valence-corrected chi connectivity index (χ2v) is 3.54. The zero-order chi connectivity index (χ0) is 10.8. The minimum Gasteiger partial charge on any atom is -0.397 e. The van der Waals surface area contributed by atoms with Gasteiger partial charge < -0.3 is 10.6 Å². The predicted molar refractivity (Wildman–Crippen MR) is 64.1 cm³/mol. The number of nitrogens with one attached hydrogen (secondary N) is 1. The number of nitrogen functional groups attached to an aromatic ring is 1. The van der Waals surface area contributed by atoms with Crippen molar-refractivity contribution in [3.8, 4) is 0 Å². The van der Waals surface area contributed by atoms with Gasteiger partial charge in [-0.1, -0.05) is 0 Å². The van der Waals surface area contributed by atoms with Crippen molar-refractivity contribution in [2.45, 2.75) is 13.8 Å². The SMILES string of the molecule is CCN(CC)c1cc2[nH]ncc2cc1N. The van der Waals surface area contributed by atoms with Crippen molar-refractivity contribution in [1.29, 1.82) is 0 Å². The van der Waals surface area contributed by atoms with Crippen molar-refractivity contribution in [3.63, 3.8) is 0 Å². The van der Waals surface area contributed by atoms with Gasteiger partial charge >= 0.3 is 0 Å². The number of aromatic amines is 1. The summed E-state index contributed by atoms with van der Waals surface area (Å²) < 4.78 is 0. The number of hydrogen-bond acceptors (Lipinski definition) is 3. The van der Waals surface area contributed by atoms with Crippen LogP contribution >= 0.6 is 0 Å². The van der Waals surface area contributed by atoms with Crippen molar-refractivity contribution >= 4 is 22.3 Å². The minimum atomic E-state index is 0.813. The van der Waals surface area contributed by atoms with Crippen LogP contribution in [0.15, 0.2) is 18.3 Å². The molecular formula is C11H16N4. The van der Waals surface area contributed by atoms with Crippen LogP contribution in [0, 0.1) is 0 Å². The topological polar surface area (TPSA) is 57.9 Å². The van der Waals surface area contributed by atoms with Crippen molar-refractivity contribution in [1.82, 2.24) is 10.2 Å². The summed E-state index contributed by atoms with van der Waals surface area (Å²) in [5.41, 5.74) is 8.94. The average molecular weight is 204 g/mol. The zero-order valence-electron chi connectivity index (χ0n) is 9.12. The van der Waals surface area contributed by atoms with Gasteiger partial charge in [-0.3, -0.25) is 5.10 Å². The molecule has 1 aromatic carbocycles. The molecule has 0 fully saturated rings. The summed E-state index contributed by atoms with van der Waals surface area (Å²) in [5, 5.41) is 8.01. The second-order valence-electron chi connectivity index (χ2n) is 3.54. The first kappa shape index (κ1) is 9.83. The van der Waals surface area contributed by atoms with Crippen molar-refractivity contribution < 1.29 is 0 Å². The molecule has 0 unspecified atom stereocenters. The first-order valence-electron chi connectivity index (χ1n) is 5.23. The van der Waals surface area contributed by atoms with E-state index in [0.29, 0.717) is 0 Å². The Kier molecular flexibility index (Phi) is 2.49. The van der Waals surface area contributed by atoms with Gasteiger partial charge in [0.1, 0.15) is 0 Å². The molecule has 0 atom stereocenters. The molecule has 1 aromatic heterocycles. The van der Waals surface area contributed by atoms with E-state index < -0.39 is 0 Å². The maximum absolute atomic E-state index is 6.01. The lowest BCUT2D eigenvalue weighted by Crippen LogP contribution is -2.22. The van der Waals surface area contributed by atoms with Crippen LogP contribution in [0.25, 0.3) is 10.9 Å². The first-order chi connectivity index (χ1) is 7.26. The highest BCUT2D eigenvalue weighted by Crippen LogP contribution is 2.27. The molecule has 2 rings (SSSR count). The molecule has 0 saturated carbocycles. The van der Waals surface area contributed by atoms with Crippen LogP contribution in [0.1, 0.15) is 13.8 Å². The lowest BCUT2D eigenvalue weighted by atomic mass is 10.2. The smallest absolute Gasteiger partial charge is 0.0672 e. The molecule has 4 heteroatoms. The van der Waals surface area contributed by atoms with Crippen LogP contribution in [-0.2, 0) is 0 Å². The third kappa shape index (κ3) is 1.63. The Morgan fingerprint density at radius 2 is 2.07 bits per heavy atom. The molecule has 3 N–H and O–H groups in total. The number of rotatable bonds is 3. The Morgan fingerprint density at radius 3 is 2.73 bits per heavy atom. The van der Waals surface area contributed by atoms with Crippen molar-refractivity contribution in [2.75, 3.05) is 23.7 Å². The molecule has 0 spiro atoms. The molecule has 2 aromatic rings. The highest BCUT2D eigenvalue weighted by atomic mass is 15.1. The van der Waals surface area contributed by atoms with Crippen LogP contribution < -0.4 is 10.6 Å². The van der Waals surface area contributed by atoms with Gasteiger partial charge in [0.05, 0.1) is 23.1 Å². The molecule has 0 bridgehead atoms. The third-order valence-corrected chi connectivity index (χ3v) is 2.69.